The van der Waals surface area contributed by atoms with E-state index in [1.807, 2.05) is 11.8 Å². The Labute approximate surface area is 74.1 Å². The number of ether oxygens (including phenoxy) is 1. The second-order valence-corrected chi connectivity index (χ2v) is 3.70. The van der Waals surface area contributed by atoms with Crippen molar-refractivity contribution in [1.29, 1.82) is 0 Å². The summed E-state index contributed by atoms with van der Waals surface area (Å²) in [5.41, 5.74) is 0. The van der Waals surface area contributed by atoms with Crippen LogP contribution in [0, 0.1) is 0 Å². The Bertz CT molecular complexity index is 78.5. The Kier molecular flexibility index (Phi) is 8.57. The van der Waals surface area contributed by atoms with Crippen molar-refractivity contribution in [2.24, 2.45) is 0 Å². The third-order valence-corrected chi connectivity index (χ3v) is 1.81. The molecule has 0 rings (SSSR count). The second kappa shape index (κ2) is 8.37. The monoisotopic (exact) mass is 177 g/mol. The van der Waals surface area contributed by atoms with Crippen LogP contribution in [0.1, 0.15) is 13.8 Å². The molecule has 1 N–H and O–H groups in total. The standard InChI is InChI=1S/C8H19NOS/c1-8(2)9-4-5-10-6-7-11-3/h8-9H,4-7H2,1-3H3. The molecule has 0 aromatic carbocycles. The SMILES string of the molecule is CSCCOCCNC(C)C. The Hall–Kier alpha value is 0.270. The quantitative estimate of drug-likeness (QED) is 0.593. The van der Waals surface area contributed by atoms with Gasteiger partial charge < -0.3 is 10.1 Å². The van der Waals surface area contributed by atoms with Crippen molar-refractivity contribution in [1.82, 2.24) is 5.32 Å². The molecule has 68 valence electrons. The lowest BCUT2D eigenvalue weighted by atomic mass is 10.4. The molecule has 0 aliphatic rings. The summed E-state index contributed by atoms with van der Waals surface area (Å²) in [5, 5.41) is 3.29. The highest BCUT2D eigenvalue weighted by Crippen LogP contribution is 1.89. The first-order chi connectivity index (χ1) is 5.27. The minimum Gasteiger partial charge on any atom is -0.379 e. The van der Waals surface area contributed by atoms with E-state index >= 15 is 0 Å². The van der Waals surface area contributed by atoms with Crippen molar-refractivity contribution >= 4 is 11.8 Å². The predicted octanol–water partition coefficient (Wildman–Crippen LogP) is 1.36. The number of nitrogens with one attached hydrogen (secondary N) is 1. The predicted molar refractivity (Wildman–Crippen MR) is 52.3 cm³/mol. The number of hydrogen-bond acceptors (Lipinski definition) is 3. The zero-order valence-electron chi connectivity index (χ0n) is 7.72. The lowest BCUT2D eigenvalue weighted by molar-refractivity contribution is 0.150. The zero-order chi connectivity index (χ0) is 8.53. The highest BCUT2D eigenvalue weighted by molar-refractivity contribution is 7.98. The van der Waals surface area contributed by atoms with Crippen molar-refractivity contribution in [3.05, 3.63) is 0 Å². The Morgan fingerprint density at radius 1 is 1.36 bits per heavy atom. The molecule has 0 fully saturated rings. The van der Waals surface area contributed by atoms with Gasteiger partial charge in [-0.05, 0) is 6.26 Å². The van der Waals surface area contributed by atoms with Crippen LogP contribution in [0.25, 0.3) is 0 Å². The van der Waals surface area contributed by atoms with Gasteiger partial charge in [0.2, 0.25) is 0 Å². The van der Waals surface area contributed by atoms with Crippen molar-refractivity contribution in [3.63, 3.8) is 0 Å². The molecule has 0 aliphatic heterocycles. The summed E-state index contributed by atoms with van der Waals surface area (Å²) in [6.07, 6.45) is 2.09. The fourth-order valence-electron chi connectivity index (χ4n) is 0.664. The van der Waals surface area contributed by atoms with Crippen molar-refractivity contribution < 1.29 is 4.74 Å². The van der Waals surface area contributed by atoms with E-state index < -0.39 is 0 Å². The molecule has 0 heterocycles. The molecule has 2 nitrogen and oxygen atoms in total. The number of rotatable bonds is 7. The fourth-order valence-corrected chi connectivity index (χ4v) is 0.949. The largest absolute Gasteiger partial charge is 0.379 e. The van der Waals surface area contributed by atoms with E-state index in [-0.39, 0.29) is 0 Å². The van der Waals surface area contributed by atoms with Crippen LogP contribution >= 0.6 is 11.8 Å². The molecule has 0 radical (unpaired) electrons. The Morgan fingerprint density at radius 3 is 2.64 bits per heavy atom. The molecular weight excluding hydrogens is 158 g/mol. The maximum absolute atomic E-state index is 5.34. The average Bonchev–Trinajstić information content (AvgIpc) is 1.96. The highest BCUT2D eigenvalue weighted by atomic mass is 32.2. The van der Waals surface area contributed by atoms with Gasteiger partial charge in [0.25, 0.3) is 0 Å². The summed E-state index contributed by atoms with van der Waals surface area (Å²) < 4.78 is 5.34. The van der Waals surface area contributed by atoms with Gasteiger partial charge in [0.05, 0.1) is 13.2 Å². The molecule has 0 atom stereocenters. The van der Waals surface area contributed by atoms with Gasteiger partial charge in [0, 0.05) is 18.3 Å². The van der Waals surface area contributed by atoms with Crippen LogP contribution in [0.15, 0.2) is 0 Å². The van der Waals surface area contributed by atoms with Crippen molar-refractivity contribution in [3.8, 4) is 0 Å². The molecule has 0 amide bonds. The molecule has 0 aromatic heterocycles. The number of thioether (sulfide) groups is 1. The van der Waals surface area contributed by atoms with Crippen LogP contribution in [0.3, 0.4) is 0 Å². The summed E-state index contributed by atoms with van der Waals surface area (Å²) in [7, 11) is 0. The van der Waals surface area contributed by atoms with Gasteiger partial charge in [-0.15, -0.1) is 0 Å². The molecule has 11 heavy (non-hydrogen) atoms. The maximum atomic E-state index is 5.34. The van der Waals surface area contributed by atoms with Gasteiger partial charge in [-0.1, -0.05) is 13.8 Å². The summed E-state index contributed by atoms with van der Waals surface area (Å²) in [6, 6.07) is 0.569. The normalized spacial score (nSPS) is 10.9. The molecule has 0 aromatic rings. The van der Waals surface area contributed by atoms with Gasteiger partial charge in [0.15, 0.2) is 0 Å². The highest BCUT2D eigenvalue weighted by Gasteiger charge is 1.90. The molecule has 0 saturated heterocycles. The van der Waals surface area contributed by atoms with Crippen LogP contribution in [0.5, 0.6) is 0 Å². The van der Waals surface area contributed by atoms with E-state index in [4.69, 9.17) is 4.74 Å². The first-order valence-corrected chi connectivity index (χ1v) is 5.47. The molecule has 0 bridgehead atoms. The van der Waals surface area contributed by atoms with Gasteiger partial charge in [-0.2, -0.15) is 11.8 Å². The zero-order valence-corrected chi connectivity index (χ0v) is 8.54. The molecule has 0 aliphatic carbocycles. The molecule has 0 spiro atoms. The van der Waals surface area contributed by atoms with Crippen LogP contribution < -0.4 is 5.32 Å². The van der Waals surface area contributed by atoms with E-state index in [1.165, 1.54) is 0 Å². The molecular formula is C8H19NOS. The van der Waals surface area contributed by atoms with Crippen molar-refractivity contribution in [2.75, 3.05) is 31.8 Å². The summed E-state index contributed by atoms with van der Waals surface area (Å²) >= 11 is 1.82. The van der Waals surface area contributed by atoms with Gasteiger partial charge >= 0.3 is 0 Å². The summed E-state index contributed by atoms with van der Waals surface area (Å²) in [4.78, 5) is 0. The minimum absolute atomic E-state index is 0.569. The Balaban J connectivity index is 2.80. The fraction of sp³-hybridized carbons (Fsp3) is 1.00. The van der Waals surface area contributed by atoms with Crippen molar-refractivity contribution in [2.45, 2.75) is 19.9 Å². The second-order valence-electron chi connectivity index (χ2n) is 2.71. The average molecular weight is 177 g/mol. The first kappa shape index (κ1) is 11.3. The van der Waals surface area contributed by atoms with Crippen LogP contribution in [0.4, 0.5) is 0 Å². The molecule has 0 unspecified atom stereocenters. The van der Waals surface area contributed by atoms with E-state index in [2.05, 4.69) is 25.4 Å². The summed E-state index contributed by atoms with van der Waals surface area (Å²) in [5.74, 6) is 1.10. The topological polar surface area (TPSA) is 21.3 Å². The van der Waals surface area contributed by atoms with Gasteiger partial charge in [-0.25, -0.2) is 0 Å². The molecule has 3 heteroatoms. The van der Waals surface area contributed by atoms with E-state index in [1.54, 1.807) is 0 Å². The van der Waals surface area contributed by atoms with E-state index in [9.17, 15) is 0 Å². The Morgan fingerprint density at radius 2 is 2.09 bits per heavy atom. The lowest BCUT2D eigenvalue weighted by Crippen LogP contribution is -2.26. The third kappa shape index (κ3) is 10.3. The number of hydrogen-bond donors (Lipinski definition) is 1. The van der Waals surface area contributed by atoms with E-state index in [0.717, 1.165) is 25.5 Å². The van der Waals surface area contributed by atoms with E-state index in [0.29, 0.717) is 6.04 Å². The minimum atomic E-state index is 0.569. The maximum Gasteiger partial charge on any atom is 0.0591 e. The smallest absolute Gasteiger partial charge is 0.0591 e. The van der Waals surface area contributed by atoms with Crippen LogP contribution in [-0.4, -0.2) is 37.8 Å². The summed E-state index contributed by atoms with van der Waals surface area (Å²) in [6.45, 7) is 6.95. The van der Waals surface area contributed by atoms with Crippen LogP contribution in [0.2, 0.25) is 0 Å². The molecule has 0 saturated carbocycles. The van der Waals surface area contributed by atoms with Crippen LogP contribution in [-0.2, 0) is 4.74 Å². The lowest BCUT2D eigenvalue weighted by Gasteiger charge is -2.07. The first-order valence-electron chi connectivity index (χ1n) is 4.07. The van der Waals surface area contributed by atoms with Gasteiger partial charge in [-0.3, -0.25) is 0 Å². The van der Waals surface area contributed by atoms with Gasteiger partial charge in [0.1, 0.15) is 0 Å². The third-order valence-electron chi connectivity index (χ3n) is 1.23.